The molecule has 1 heterocycles. The summed E-state index contributed by atoms with van der Waals surface area (Å²) < 4.78 is 0. The number of nitrogens with two attached hydrogens (primary N) is 2. The predicted molar refractivity (Wildman–Crippen MR) is 110 cm³/mol. The second-order valence-corrected chi connectivity index (χ2v) is 8.03. The maximum absolute atomic E-state index is 13.0. The van der Waals surface area contributed by atoms with E-state index in [0.29, 0.717) is 6.42 Å². The van der Waals surface area contributed by atoms with Gasteiger partial charge in [-0.05, 0) is 25.2 Å². The van der Waals surface area contributed by atoms with Crippen LogP contribution in [0.5, 0.6) is 0 Å². The first-order valence-electron chi connectivity index (χ1n) is 10.2. The molecule has 0 radical (unpaired) electrons. The second kappa shape index (κ2) is 12.0. The predicted octanol–water partition coefficient (Wildman–Crippen LogP) is -2.24. The van der Waals surface area contributed by atoms with Crippen molar-refractivity contribution in [3.8, 4) is 0 Å². The number of carboxylic acids is 2. The van der Waals surface area contributed by atoms with Crippen LogP contribution in [-0.4, -0.2) is 81.4 Å². The summed E-state index contributed by atoms with van der Waals surface area (Å²) in [5.41, 5.74) is 10.8. The van der Waals surface area contributed by atoms with Crippen LogP contribution in [0.2, 0.25) is 0 Å². The van der Waals surface area contributed by atoms with Gasteiger partial charge in [-0.15, -0.1) is 0 Å². The van der Waals surface area contributed by atoms with E-state index >= 15 is 0 Å². The van der Waals surface area contributed by atoms with Crippen LogP contribution in [0.3, 0.4) is 0 Å². The van der Waals surface area contributed by atoms with E-state index in [1.807, 2.05) is 0 Å². The molecule has 1 aliphatic rings. The summed E-state index contributed by atoms with van der Waals surface area (Å²) in [6.07, 6.45) is -0.363. The van der Waals surface area contributed by atoms with E-state index in [4.69, 9.17) is 16.6 Å². The molecule has 0 saturated carbocycles. The maximum atomic E-state index is 13.0. The zero-order chi connectivity index (χ0) is 24.6. The standard InChI is InChI=1S/C19H31N5O8/c1-9(2)15(19(31)32)23-17(29)12-4-3-7-24(12)18(30)11(8-13(21)25)22-16(28)10(20)5-6-14(26)27/h9-12,15H,3-8,20H2,1-2H3,(H2,21,25)(H,22,28)(H,23,29)(H,26,27)(H,31,32). The average molecular weight is 457 g/mol. The molecule has 0 aliphatic carbocycles. The van der Waals surface area contributed by atoms with Crippen LogP contribution in [-0.2, 0) is 28.8 Å². The molecule has 0 aromatic carbocycles. The van der Waals surface area contributed by atoms with Crippen molar-refractivity contribution in [1.82, 2.24) is 15.5 Å². The van der Waals surface area contributed by atoms with Gasteiger partial charge in [-0.3, -0.25) is 24.0 Å². The monoisotopic (exact) mass is 457 g/mol. The molecule has 0 bridgehead atoms. The fraction of sp³-hybridized carbons (Fsp3) is 0.684. The molecule has 1 fully saturated rings. The van der Waals surface area contributed by atoms with Gasteiger partial charge in [0.25, 0.3) is 0 Å². The molecule has 0 aromatic rings. The van der Waals surface area contributed by atoms with Crippen LogP contribution in [0.1, 0.15) is 46.0 Å². The van der Waals surface area contributed by atoms with Crippen LogP contribution in [0.4, 0.5) is 0 Å². The molecular formula is C19H31N5O8. The molecule has 0 aromatic heterocycles. The molecule has 0 spiro atoms. The number of amides is 4. The third kappa shape index (κ3) is 7.80. The molecule has 32 heavy (non-hydrogen) atoms. The van der Waals surface area contributed by atoms with E-state index < -0.39 is 72.1 Å². The molecule has 8 N–H and O–H groups in total. The lowest BCUT2D eigenvalue weighted by Crippen LogP contribution is -2.57. The molecule has 180 valence electrons. The van der Waals surface area contributed by atoms with Crippen LogP contribution < -0.4 is 22.1 Å². The number of carbonyl (C=O) groups excluding carboxylic acids is 4. The lowest BCUT2D eigenvalue weighted by molar-refractivity contribution is -0.146. The van der Waals surface area contributed by atoms with Gasteiger partial charge in [-0.25, -0.2) is 4.79 Å². The van der Waals surface area contributed by atoms with E-state index in [1.54, 1.807) is 13.8 Å². The van der Waals surface area contributed by atoms with E-state index in [1.165, 1.54) is 4.90 Å². The number of hydrogen-bond acceptors (Lipinski definition) is 7. The Balaban J connectivity index is 2.94. The summed E-state index contributed by atoms with van der Waals surface area (Å²) in [6, 6.07) is -4.75. The SMILES string of the molecule is CC(C)C(NC(=O)C1CCCN1C(=O)C(CC(N)=O)NC(=O)C(N)CCC(=O)O)C(=O)O. The minimum atomic E-state index is -1.40. The number of carbonyl (C=O) groups is 6. The van der Waals surface area contributed by atoms with Crippen molar-refractivity contribution in [3.63, 3.8) is 0 Å². The topological polar surface area (TPSA) is 222 Å². The summed E-state index contributed by atoms with van der Waals surface area (Å²) in [5.74, 6) is -5.86. The summed E-state index contributed by atoms with van der Waals surface area (Å²) in [5, 5.41) is 22.7. The fourth-order valence-corrected chi connectivity index (χ4v) is 3.36. The van der Waals surface area contributed by atoms with E-state index in [0.717, 1.165) is 0 Å². The molecule has 13 heteroatoms. The highest BCUT2D eigenvalue weighted by atomic mass is 16.4. The first-order valence-corrected chi connectivity index (χ1v) is 10.2. The number of aliphatic carboxylic acids is 2. The summed E-state index contributed by atoms with van der Waals surface area (Å²) in [4.78, 5) is 72.7. The van der Waals surface area contributed by atoms with Gasteiger partial charge in [-0.1, -0.05) is 13.8 Å². The Labute approximate surface area is 184 Å². The Bertz CT molecular complexity index is 756. The fourth-order valence-electron chi connectivity index (χ4n) is 3.36. The van der Waals surface area contributed by atoms with E-state index in [9.17, 15) is 33.9 Å². The Morgan fingerprint density at radius 2 is 1.72 bits per heavy atom. The third-order valence-corrected chi connectivity index (χ3v) is 5.09. The number of carboxylic acid groups (broad SMARTS) is 2. The number of likely N-dealkylation sites (tertiary alicyclic amines) is 1. The quantitative estimate of drug-likeness (QED) is 0.186. The number of rotatable bonds is 12. The number of hydrogen-bond donors (Lipinski definition) is 6. The minimum Gasteiger partial charge on any atom is -0.481 e. The van der Waals surface area contributed by atoms with Crippen LogP contribution in [0, 0.1) is 5.92 Å². The van der Waals surface area contributed by atoms with Crippen molar-refractivity contribution in [2.45, 2.75) is 70.1 Å². The Hall–Kier alpha value is -3.22. The van der Waals surface area contributed by atoms with Crippen molar-refractivity contribution in [2.24, 2.45) is 17.4 Å². The zero-order valence-electron chi connectivity index (χ0n) is 18.1. The van der Waals surface area contributed by atoms with Gasteiger partial charge in [0.05, 0.1) is 12.5 Å². The maximum Gasteiger partial charge on any atom is 0.326 e. The van der Waals surface area contributed by atoms with Crippen LogP contribution >= 0.6 is 0 Å². The van der Waals surface area contributed by atoms with Crippen LogP contribution in [0.15, 0.2) is 0 Å². The number of nitrogens with one attached hydrogen (secondary N) is 2. The van der Waals surface area contributed by atoms with Gasteiger partial charge < -0.3 is 37.2 Å². The molecule has 13 nitrogen and oxygen atoms in total. The molecule has 4 atom stereocenters. The van der Waals surface area contributed by atoms with Gasteiger partial charge in [0.2, 0.25) is 23.6 Å². The minimum absolute atomic E-state index is 0.159. The van der Waals surface area contributed by atoms with Crippen molar-refractivity contribution in [1.29, 1.82) is 0 Å². The third-order valence-electron chi connectivity index (χ3n) is 5.09. The van der Waals surface area contributed by atoms with Crippen molar-refractivity contribution in [2.75, 3.05) is 6.54 Å². The smallest absolute Gasteiger partial charge is 0.326 e. The number of nitrogens with zero attached hydrogens (tertiary/aromatic N) is 1. The first-order chi connectivity index (χ1) is 14.8. The van der Waals surface area contributed by atoms with E-state index in [-0.39, 0.29) is 25.8 Å². The molecule has 4 amide bonds. The lowest BCUT2D eigenvalue weighted by Gasteiger charge is -2.30. The average Bonchev–Trinajstić information content (AvgIpc) is 3.17. The van der Waals surface area contributed by atoms with Gasteiger partial charge in [0, 0.05) is 13.0 Å². The van der Waals surface area contributed by atoms with E-state index in [2.05, 4.69) is 10.6 Å². The van der Waals surface area contributed by atoms with Gasteiger partial charge in [0.1, 0.15) is 18.1 Å². The Kier molecular flexibility index (Phi) is 10.0. The van der Waals surface area contributed by atoms with Crippen LogP contribution in [0.25, 0.3) is 0 Å². The van der Waals surface area contributed by atoms with Crippen molar-refractivity contribution >= 4 is 35.6 Å². The van der Waals surface area contributed by atoms with Crippen molar-refractivity contribution < 1.29 is 39.0 Å². The molecule has 1 saturated heterocycles. The summed E-state index contributed by atoms with van der Waals surface area (Å²) >= 11 is 0. The molecule has 1 rings (SSSR count). The van der Waals surface area contributed by atoms with Gasteiger partial charge in [-0.2, -0.15) is 0 Å². The highest BCUT2D eigenvalue weighted by Gasteiger charge is 2.39. The summed E-state index contributed by atoms with van der Waals surface area (Å²) in [6.45, 7) is 3.41. The molecule has 1 aliphatic heterocycles. The van der Waals surface area contributed by atoms with Gasteiger partial charge >= 0.3 is 11.9 Å². The largest absolute Gasteiger partial charge is 0.481 e. The Morgan fingerprint density at radius 1 is 1.09 bits per heavy atom. The highest BCUT2D eigenvalue weighted by Crippen LogP contribution is 2.20. The normalized spacial score (nSPS) is 18.5. The molecular weight excluding hydrogens is 426 g/mol. The first kappa shape index (κ1) is 26.8. The Morgan fingerprint density at radius 3 is 2.22 bits per heavy atom. The highest BCUT2D eigenvalue weighted by molar-refractivity contribution is 5.96. The lowest BCUT2D eigenvalue weighted by atomic mass is 10.0. The summed E-state index contributed by atoms with van der Waals surface area (Å²) in [7, 11) is 0. The van der Waals surface area contributed by atoms with Crippen molar-refractivity contribution in [3.05, 3.63) is 0 Å². The second-order valence-electron chi connectivity index (χ2n) is 8.03. The number of primary amides is 1. The molecule has 4 unspecified atom stereocenters. The van der Waals surface area contributed by atoms with Gasteiger partial charge in [0.15, 0.2) is 0 Å². The zero-order valence-corrected chi connectivity index (χ0v) is 18.1.